The SMILES string of the molecule is C=CC(F)(F)C(C)=O. The Morgan fingerprint density at radius 2 is 2.12 bits per heavy atom. The number of hydrogen-bond acceptors (Lipinski definition) is 1. The van der Waals surface area contributed by atoms with Crippen molar-refractivity contribution in [2.45, 2.75) is 12.8 Å². The Balaban J connectivity index is 4.12. The summed E-state index contributed by atoms with van der Waals surface area (Å²) in [6, 6.07) is 0. The molecule has 0 fully saturated rings. The molecule has 0 spiro atoms. The first-order valence-electron chi connectivity index (χ1n) is 2.03. The minimum Gasteiger partial charge on any atom is -0.293 e. The van der Waals surface area contributed by atoms with Crippen molar-refractivity contribution in [3.05, 3.63) is 12.7 Å². The molecule has 0 aliphatic heterocycles. The zero-order chi connectivity index (χ0) is 6.78. The zero-order valence-corrected chi connectivity index (χ0v) is 4.45. The smallest absolute Gasteiger partial charge is 0.293 e. The van der Waals surface area contributed by atoms with Crippen LogP contribution in [0.3, 0.4) is 0 Å². The Morgan fingerprint density at radius 3 is 2.12 bits per heavy atom. The van der Waals surface area contributed by atoms with E-state index in [1.54, 1.807) is 0 Å². The van der Waals surface area contributed by atoms with Crippen molar-refractivity contribution in [3.63, 3.8) is 0 Å². The van der Waals surface area contributed by atoms with Gasteiger partial charge in [0.25, 0.3) is 0 Å². The molecule has 3 heteroatoms. The van der Waals surface area contributed by atoms with Crippen LogP contribution in [-0.4, -0.2) is 11.7 Å². The predicted octanol–water partition coefficient (Wildman–Crippen LogP) is 1.40. The predicted molar refractivity (Wildman–Crippen MR) is 25.8 cm³/mol. The Morgan fingerprint density at radius 1 is 1.75 bits per heavy atom. The lowest BCUT2D eigenvalue weighted by Crippen LogP contribution is -2.21. The van der Waals surface area contributed by atoms with E-state index in [4.69, 9.17) is 0 Å². The molecule has 1 nitrogen and oxygen atoms in total. The number of allylic oxidation sites excluding steroid dienone is 1. The molecule has 0 N–H and O–H groups in total. The van der Waals surface area contributed by atoms with Gasteiger partial charge in [-0.15, -0.1) is 0 Å². The van der Waals surface area contributed by atoms with Crippen LogP contribution in [0, 0.1) is 0 Å². The van der Waals surface area contributed by atoms with Gasteiger partial charge in [-0.25, -0.2) is 0 Å². The second-order valence-electron chi connectivity index (χ2n) is 1.38. The lowest BCUT2D eigenvalue weighted by Gasteiger charge is -2.03. The van der Waals surface area contributed by atoms with Crippen LogP contribution in [0.5, 0.6) is 0 Å². The number of Topliss-reactive ketones (excluding diaryl/α,β-unsaturated/α-hetero) is 1. The van der Waals surface area contributed by atoms with Gasteiger partial charge in [0.15, 0.2) is 0 Å². The Kier molecular flexibility index (Phi) is 1.84. The van der Waals surface area contributed by atoms with Crippen molar-refractivity contribution in [1.82, 2.24) is 0 Å². The van der Waals surface area contributed by atoms with Crippen molar-refractivity contribution in [2.24, 2.45) is 0 Å². The number of carbonyl (C=O) groups excluding carboxylic acids is 1. The molecule has 0 aliphatic rings. The monoisotopic (exact) mass is 120 g/mol. The number of ketones is 1. The molecule has 8 heavy (non-hydrogen) atoms. The molecule has 0 radical (unpaired) electrons. The van der Waals surface area contributed by atoms with Gasteiger partial charge >= 0.3 is 5.92 Å². The van der Waals surface area contributed by atoms with Gasteiger partial charge in [0.2, 0.25) is 5.78 Å². The van der Waals surface area contributed by atoms with Crippen molar-refractivity contribution in [3.8, 4) is 0 Å². The molecule has 0 saturated carbocycles. The number of hydrogen-bond donors (Lipinski definition) is 0. The van der Waals surface area contributed by atoms with Gasteiger partial charge in [0.05, 0.1) is 0 Å². The molecule has 0 heterocycles. The van der Waals surface area contributed by atoms with Crippen LogP contribution in [0.1, 0.15) is 6.92 Å². The fourth-order valence-corrected chi connectivity index (χ4v) is 0.144. The van der Waals surface area contributed by atoms with Crippen LogP contribution in [0.2, 0.25) is 0 Å². The van der Waals surface area contributed by atoms with E-state index < -0.39 is 11.7 Å². The quantitative estimate of drug-likeness (QED) is 0.503. The van der Waals surface area contributed by atoms with E-state index in [-0.39, 0.29) is 0 Å². The van der Waals surface area contributed by atoms with E-state index >= 15 is 0 Å². The third-order valence-electron chi connectivity index (χ3n) is 0.726. The molecular formula is C5H6F2O. The maximum atomic E-state index is 11.8. The number of carbonyl (C=O) groups is 1. The van der Waals surface area contributed by atoms with Gasteiger partial charge in [0, 0.05) is 6.92 Å². The minimum atomic E-state index is -3.33. The van der Waals surface area contributed by atoms with E-state index in [0.717, 1.165) is 6.92 Å². The van der Waals surface area contributed by atoms with Crippen molar-refractivity contribution < 1.29 is 13.6 Å². The number of rotatable bonds is 2. The molecule has 0 aromatic carbocycles. The molecule has 0 aliphatic carbocycles. The molecule has 0 amide bonds. The molecule has 46 valence electrons. The van der Waals surface area contributed by atoms with E-state index in [9.17, 15) is 13.6 Å². The number of alkyl halides is 2. The molecule has 0 aromatic heterocycles. The van der Waals surface area contributed by atoms with Crippen molar-refractivity contribution in [1.29, 1.82) is 0 Å². The van der Waals surface area contributed by atoms with Crippen LogP contribution in [-0.2, 0) is 4.79 Å². The average molecular weight is 120 g/mol. The summed E-state index contributed by atoms with van der Waals surface area (Å²) in [5.74, 6) is -4.51. The summed E-state index contributed by atoms with van der Waals surface area (Å²) >= 11 is 0. The maximum Gasteiger partial charge on any atom is 0.323 e. The largest absolute Gasteiger partial charge is 0.323 e. The van der Waals surface area contributed by atoms with Gasteiger partial charge in [0.1, 0.15) is 0 Å². The number of halogens is 2. The van der Waals surface area contributed by atoms with Gasteiger partial charge in [-0.3, -0.25) is 4.79 Å². The molecule has 0 unspecified atom stereocenters. The summed E-state index contributed by atoms with van der Waals surface area (Å²) in [4.78, 5) is 9.88. The Labute approximate surface area is 46.0 Å². The summed E-state index contributed by atoms with van der Waals surface area (Å²) in [7, 11) is 0. The van der Waals surface area contributed by atoms with Gasteiger partial charge in [-0.05, 0) is 6.08 Å². The van der Waals surface area contributed by atoms with Crippen LogP contribution >= 0.6 is 0 Å². The van der Waals surface area contributed by atoms with E-state index in [0.29, 0.717) is 6.08 Å². The Hall–Kier alpha value is -0.730. The third kappa shape index (κ3) is 1.40. The first kappa shape index (κ1) is 7.27. The Bertz CT molecular complexity index is 118. The van der Waals surface area contributed by atoms with E-state index in [1.807, 2.05) is 0 Å². The molecule has 0 rings (SSSR count). The van der Waals surface area contributed by atoms with Crippen molar-refractivity contribution >= 4 is 5.78 Å². The first-order chi connectivity index (χ1) is 3.50. The standard InChI is InChI=1S/C5H6F2O/c1-3-5(6,7)4(2)8/h3H,1H2,2H3. The van der Waals surface area contributed by atoms with E-state index in [2.05, 4.69) is 6.58 Å². The molecule has 0 atom stereocenters. The lowest BCUT2D eigenvalue weighted by molar-refractivity contribution is -0.134. The lowest BCUT2D eigenvalue weighted by atomic mass is 10.2. The summed E-state index contributed by atoms with van der Waals surface area (Å²) in [5, 5.41) is 0. The summed E-state index contributed by atoms with van der Waals surface area (Å²) in [6.07, 6.45) is 0.329. The van der Waals surface area contributed by atoms with Crippen LogP contribution in [0.25, 0.3) is 0 Å². The average Bonchev–Trinajstić information content (AvgIpc) is 1.67. The van der Waals surface area contributed by atoms with Crippen LogP contribution < -0.4 is 0 Å². The highest BCUT2D eigenvalue weighted by atomic mass is 19.3. The fraction of sp³-hybridized carbons (Fsp3) is 0.400. The normalized spacial score (nSPS) is 10.9. The summed E-state index contributed by atoms with van der Waals surface area (Å²) in [6.45, 7) is 3.60. The van der Waals surface area contributed by atoms with Gasteiger partial charge in [-0.2, -0.15) is 8.78 Å². The highest BCUT2D eigenvalue weighted by Crippen LogP contribution is 2.14. The fourth-order valence-electron chi connectivity index (χ4n) is 0.144. The molecule has 0 saturated heterocycles. The second-order valence-corrected chi connectivity index (χ2v) is 1.38. The van der Waals surface area contributed by atoms with Crippen LogP contribution in [0.4, 0.5) is 8.78 Å². The van der Waals surface area contributed by atoms with Crippen molar-refractivity contribution in [2.75, 3.05) is 0 Å². The molecule has 0 aromatic rings. The topological polar surface area (TPSA) is 17.1 Å². The highest BCUT2D eigenvalue weighted by molar-refractivity contribution is 5.84. The highest BCUT2D eigenvalue weighted by Gasteiger charge is 2.29. The first-order valence-corrected chi connectivity index (χ1v) is 2.03. The zero-order valence-electron chi connectivity index (χ0n) is 4.45. The summed E-state index contributed by atoms with van der Waals surface area (Å²) in [5.41, 5.74) is 0. The molecule has 0 bridgehead atoms. The van der Waals surface area contributed by atoms with Gasteiger partial charge < -0.3 is 0 Å². The summed E-state index contributed by atoms with van der Waals surface area (Å²) < 4.78 is 23.6. The van der Waals surface area contributed by atoms with E-state index in [1.165, 1.54) is 0 Å². The minimum absolute atomic E-state index is 0.329. The second kappa shape index (κ2) is 2.03. The molecular weight excluding hydrogens is 114 g/mol. The third-order valence-corrected chi connectivity index (χ3v) is 0.726. The van der Waals surface area contributed by atoms with Crippen LogP contribution in [0.15, 0.2) is 12.7 Å². The maximum absolute atomic E-state index is 11.8. The van der Waals surface area contributed by atoms with Gasteiger partial charge in [-0.1, -0.05) is 6.58 Å².